The highest BCUT2D eigenvalue weighted by molar-refractivity contribution is 7.91. The lowest BCUT2D eigenvalue weighted by Gasteiger charge is -2.26. The molecule has 0 saturated carbocycles. The standard InChI is InChI=1S/C12H17FN2O3S/c13-10-7-11(14)9-12(8-10)19(16,17)6-3-15-1-4-18-5-2-15/h7-9H,1-6,14H2. The summed E-state index contributed by atoms with van der Waals surface area (Å²) in [5.74, 6) is -0.680. The van der Waals surface area contributed by atoms with Gasteiger partial charge in [-0.25, -0.2) is 12.8 Å². The third kappa shape index (κ3) is 3.89. The van der Waals surface area contributed by atoms with E-state index in [1.807, 2.05) is 4.90 Å². The molecule has 2 rings (SSSR count). The van der Waals surface area contributed by atoms with Crippen LogP contribution >= 0.6 is 0 Å². The molecular weight excluding hydrogens is 271 g/mol. The number of morpholine rings is 1. The van der Waals surface area contributed by atoms with Gasteiger partial charge in [-0.15, -0.1) is 0 Å². The van der Waals surface area contributed by atoms with Gasteiger partial charge in [-0.1, -0.05) is 0 Å². The topological polar surface area (TPSA) is 72.6 Å². The van der Waals surface area contributed by atoms with Crippen LogP contribution in [0.4, 0.5) is 10.1 Å². The third-order valence-electron chi connectivity index (χ3n) is 3.03. The average molecular weight is 288 g/mol. The van der Waals surface area contributed by atoms with E-state index in [4.69, 9.17) is 10.5 Å². The number of nitrogens with zero attached hydrogens (tertiary/aromatic N) is 1. The van der Waals surface area contributed by atoms with E-state index in [0.29, 0.717) is 19.8 Å². The lowest BCUT2D eigenvalue weighted by molar-refractivity contribution is 0.0408. The first-order valence-corrected chi connectivity index (χ1v) is 7.71. The molecule has 1 aromatic rings. The van der Waals surface area contributed by atoms with Gasteiger partial charge >= 0.3 is 0 Å². The van der Waals surface area contributed by atoms with Crippen LogP contribution in [-0.2, 0) is 14.6 Å². The van der Waals surface area contributed by atoms with Crippen molar-refractivity contribution in [3.8, 4) is 0 Å². The number of ether oxygens (including phenoxy) is 1. The van der Waals surface area contributed by atoms with Crippen LogP contribution in [0, 0.1) is 5.82 Å². The molecule has 106 valence electrons. The van der Waals surface area contributed by atoms with E-state index in [9.17, 15) is 12.8 Å². The van der Waals surface area contributed by atoms with Crippen molar-refractivity contribution in [2.75, 3.05) is 44.3 Å². The maximum absolute atomic E-state index is 13.2. The number of anilines is 1. The monoisotopic (exact) mass is 288 g/mol. The quantitative estimate of drug-likeness (QED) is 0.818. The maximum Gasteiger partial charge on any atom is 0.179 e. The van der Waals surface area contributed by atoms with Gasteiger partial charge in [-0.2, -0.15) is 0 Å². The molecule has 0 spiro atoms. The number of nitrogens with two attached hydrogens (primary N) is 1. The van der Waals surface area contributed by atoms with Crippen molar-refractivity contribution in [2.24, 2.45) is 0 Å². The van der Waals surface area contributed by atoms with Crippen molar-refractivity contribution >= 4 is 15.5 Å². The fraction of sp³-hybridized carbons (Fsp3) is 0.500. The summed E-state index contributed by atoms with van der Waals surface area (Å²) in [5, 5.41) is 0. The van der Waals surface area contributed by atoms with Crippen molar-refractivity contribution < 1.29 is 17.5 Å². The molecule has 0 aromatic heterocycles. The first kappa shape index (κ1) is 14.2. The molecule has 1 fully saturated rings. The fourth-order valence-corrected chi connectivity index (χ4v) is 3.30. The normalized spacial score (nSPS) is 17.5. The summed E-state index contributed by atoms with van der Waals surface area (Å²) >= 11 is 0. The zero-order valence-electron chi connectivity index (χ0n) is 10.5. The minimum absolute atomic E-state index is 0.0457. The second-order valence-electron chi connectivity index (χ2n) is 4.49. The second-order valence-corrected chi connectivity index (χ2v) is 6.60. The van der Waals surface area contributed by atoms with Gasteiger partial charge in [-0.05, 0) is 18.2 Å². The van der Waals surface area contributed by atoms with Crippen LogP contribution in [0.2, 0.25) is 0 Å². The number of nitrogen functional groups attached to an aromatic ring is 1. The lowest BCUT2D eigenvalue weighted by Crippen LogP contribution is -2.39. The molecule has 1 aromatic carbocycles. The van der Waals surface area contributed by atoms with Gasteiger partial charge in [0.1, 0.15) is 5.82 Å². The highest BCUT2D eigenvalue weighted by Gasteiger charge is 2.19. The number of sulfone groups is 1. The van der Waals surface area contributed by atoms with E-state index >= 15 is 0 Å². The minimum atomic E-state index is -3.51. The van der Waals surface area contributed by atoms with E-state index < -0.39 is 15.7 Å². The molecule has 0 unspecified atom stereocenters. The van der Waals surface area contributed by atoms with E-state index in [2.05, 4.69) is 0 Å². The summed E-state index contributed by atoms with van der Waals surface area (Å²) in [7, 11) is -3.51. The van der Waals surface area contributed by atoms with Crippen LogP contribution in [0.3, 0.4) is 0 Å². The van der Waals surface area contributed by atoms with Crippen molar-refractivity contribution in [3.05, 3.63) is 24.0 Å². The van der Waals surface area contributed by atoms with Crippen molar-refractivity contribution in [2.45, 2.75) is 4.90 Å². The molecule has 1 saturated heterocycles. The Hall–Kier alpha value is -1.18. The van der Waals surface area contributed by atoms with Gasteiger partial charge in [0, 0.05) is 25.3 Å². The van der Waals surface area contributed by atoms with Crippen molar-refractivity contribution in [1.29, 1.82) is 0 Å². The predicted molar refractivity (Wildman–Crippen MR) is 70.1 cm³/mol. The van der Waals surface area contributed by atoms with Gasteiger partial charge < -0.3 is 10.5 Å². The molecule has 2 N–H and O–H groups in total. The van der Waals surface area contributed by atoms with Gasteiger partial charge in [0.25, 0.3) is 0 Å². The van der Waals surface area contributed by atoms with E-state index in [0.717, 1.165) is 25.2 Å². The summed E-state index contributed by atoms with van der Waals surface area (Å²) in [6.45, 7) is 3.10. The van der Waals surface area contributed by atoms with Gasteiger partial charge in [0.2, 0.25) is 0 Å². The number of hydrogen-bond donors (Lipinski definition) is 1. The lowest BCUT2D eigenvalue weighted by atomic mass is 10.3. The Morgan fingerprint density at radius 2 is 1.95 bits per heavy atom. The van der Waals surface area contributed by atoms with Crippen LogP contribution in [0.15, 0.2) is 23.1 Å². The molecule has 7 heteroatoms. The van der Waals surface area contributed by atoms with Gasteiger partial charge in [0.15, 0.2) is 9.84 Å². The van der Waals surface area contributed by atoms with Crippen molar-refractivity contribution in [3.63, 3.8) is 0 Å². The molecule has 0 aliphatic carbocycles. The van der Waals surface area contributed by atoms with Gasteiger partial charge in [-0.3, -0.25) is 4.90 Å². The van der Waals surface area contributed by atoms with Gasteiger partial charge in [0.05, 0.1) is 23.9 Å². The number of rotatable bonds is 4. The molecule has 0 amide bonds. The molecule has 0 radical (unpaired) electrons. The Morgan fingerprint density at radius 1 is 1.26 bits per heavy atom. The first-order chi connectivity index (χ1) is 8.97. The van der Waals surface area contributed by atoms with Crippen LogP contribution < -0.4 is 5.73 Å². The zero-order valence-corrected chi connectivity index (χ0v) is 11.3. The SMILES string of the molecule is Nc1cc(F)cc(S(=O)(=O)CCN2CCOCC2)c1. The van der Waals surface area contributed by atoms with E-state index in [1.165, 1.54) is 6.07 Å². The molecule has 0 bridgehead atoms. The Bertz CT molecular complexity index is 522. The molecule has 5 nitrogen and oxygen atoms in total. The largest absolute Gasteiger partial charge is 0.399 e. The van der Waals surface area contributed by atoms with Crippen LogP contribution in [0.1, 0.15) is 0 Å². The molecular formula is C12H17FN2O3S. The Balaban J connectivity index is 2.04. The average Bonchev–Trinajstić information content (AvgIpc) is 2.37. The molecule has 0 atom stereocenters. The van der Waals surface area contributed by atoms with Crippen LogP contribution in [0.25, 0.3) is 0 Å². The zero-order chi connectivity index (χ0) is 13.9. The van der Waals surface area contributed by atoms with Crippen LogP contribution in [-0.4, -0.2) is 51.9 Å². The smallest absolute Gasteiger partial charge is 0.179 e. The summed E-state index contributed by atoms with van der Waals surface area (Å²) in [5.41, 5.74) is 5.58. The van der Waals surface area contributed by atoms with Crippen molar-refractivity contribution in [1.82, 2.24) is 4.90 Å². The summed E-state index contributed by atoms with van der Waals surface area (Å²) in [6.07, 6.45) is 0. The molecule has 1 heterocycles. The van der Waals surface area contributed by atoms with Crippen LogP contribution in [0.5, 0.6) is 0 Å². The third-order valence-corrected chi connectivity index (χ3v) is 4.71. The minimum Gasteiger partial charge on any atom is -0.399 e. The van der Waals surface area contributed by atoms with E-state index in [-0.39, 0.29) is 16.3 Å². The Kier molecular flexibility index (Phi) is 4.38. The number of benzene rings is 1. The molecule has 1 aliphatic heterocycles. The number of halogens is 1. The number of hydrogen-bond acceptors (Lipinski definition) is 5. The highest BCUT2D eigenvalue weighted by Crippen LogP contribution is 2.17. The maximum atomic E-state index is 13.2. The Morgan fingerprint density at radius 3 is 2.58 bits per heavy atom. The molecule has 1 aliphatic rings. The summed E-state index contributed by atoms with van der Waals surface area (Å²) in [4.78, 5) is 1.96. The summed E-state index contributed by atoms with van der Waals surface area (Å²) in [6, 6.07) is 3.39. The predicted octanol–water partition coefficient (Wildman–Crippen LogP) is 0.514. The first-order valence-electron chi connectivity index (χ1n) is 6.06. The second kappa shape index (κ2) is 5.85. The summed E-state index contributed by atoms with van der Waals surface area (Å²) < 4.78 is 42.6. The van der Waals surface area contributed by atoms with E-state index in [1.54, 1.807) is 0 Å². The fourth-order valence-electron chi connectivity index (χ4n) is 1.96. The molecule has 19 heavy (non-hydrogen) atoms. The Labute approximate surface area is 112 Å². The highest BCUT2D eigenvalue weighted by atomic mass is 32.2.